The van der Waals surface area contributed by atoms with E-state index < -0.39 is 18.2 Å². The number of terminal acetylenes is 1. The number of nitrogens with one attached hydrogen (secondary N) is 1. The fourth-order valence-electron chi connectivity index (χ4n) is 1.18. The summed E-state index contributed by atoms with van der Waals surface area (Å²) < 4.78 is 5.11. The van der Waals surface area contributed by atoms with Crippen molar-refractivity contribution in [1.29, 1.82) is 5.26 Å². The van der Waals surface area contributed by atoms with Crippen LogP contribution >= 0.6 is 23.2 Å². The third kappa shape index (κ3) is 4.46. The van der Waals surface area contributed by atoms with Gasteiger partial charge < -0.3 is 10.1 Å². The van der Waals surface area contributed by atoms with Gasteiger partial charge in [0, 0.05) is 5.56 Å². The van der Waals surface area contributed by atoms with Crippen LogP contribution in [0.4, 0.5) is 0 Å². The number of carbonyl (C=O) groups excluding carboxylic acids is 1. The van der Waals surface area contributed by atoms with Gasteiger partial charge in [-0.05, 0) is 25.1 Å². The average Bonchev–Trinajstić information content (AvgIpc) is 2.40. The van der Waals surface area contributed by atoms with Crippen molar-refractivity contribution in [3.05, 3.63) is 33.8 Å². The van der Waals surface area contributed by atoms with E-state index in [9.17, 15) is 4.79 Å². The first-order chi connectivity index (χ1) is 8.97. The van der Waals surface area contributed by atoms with Crippen LogP contribution in [0, 0.1) is 23.7 Å². The third-order valence-corrected chi connectivity index (χ3v) is 2.88. The summed E-state index contributed by atoms with van der Waals surface area (Å²) in [6.45, 7) is 1.59. The van der Waals surface area contributed by atoms with Gasteiger partial charge in [-0.1, -0.05) is 29.1 Å². The predicted molar refractivity (Wildman–Crippen MR) is 72.7 cm³/mol. The molecule has 0 bridgehead atoms. The van der Waals surface area contributed by atoms with Gasteiger partial charge in [-0.15, -0.1) is 6.42 Å². The van der Waals surface area contributed by atoms with Gasteiger partial charge in [-0.2, -0.15) is 5.26 Å². The Hall–Kier alpha value is -1.72. The van der Waals surface area contributed by atoms with E-state index in [1.807, 2.05) is 0 Å². The van der Waals surface area contributed by atoms with Crippen molar-refractivity contribution >= 4 is 29.1 Å². The summed E-state index contributed by atoms with van der Waals surface area (Å²) in [7, 11) is 0. The molecular weight excluding hydrogens is 287 g/mol. The number of nitrogens with zero attached hydrogens (tertiary/aromatic N) is 1. The minimum absolute atomic E-state index is 0.251. The smallest absolute Gasteiger partial charge is 0.254 e. The normalized spacial score (nSPS) is 12.9. The molecule has 19 heavy (non-hydrogen) atoms. The van der Waals surface area contributed by atoms with Crippen LogP contribution in [-0.4, -0.2) is 18.2 Å². The van der Waals surface area contributed by atoms with Crippen LogP contribution in [0.2, 0.25) is 10.0 Å². The summed E-state index contributed by atoms with van der Waals surface area (Å²) in [5.74, 6) is 1.79. The standard InChI is InChI=1S/C13H10Cl2N2O2/c1-3-8(2)19-12(7-16)17-13(18)9-4-5-10(14)11(15)6-9/h1,4-6,8,12H,2H3,(H,17,18). The van der Waals surface area contributed by atoms with E-state index >= 15 is 0 Å². The molecule has 2 unspecified atom stereocenters. The number of rotatable bonds is 4. The SMILES string of the molecule is C#CC(C)OC(C#N)NC(=O)c1ccc(Cl)c(Cl)c1. The first-order valence-corrected chi connectivity index (χ1v) is 6.00. The lowest BCUT2D eigenvalue weighted by Crippen LogP contribution is -2.37. The van der Waals surface area contributed by atoms with Crippen LogP contribution in [0.1, 0.15) is 17.3 Å². The Morgan fingerprint density at radius 2 is 2.16 bits per heavy atom. The lowest BCUT2D eigenvalue weighted by Gasteiger charge is -2.14. The number of benzene rings is 1. The summed E-state index contributed by atoms with van der Waals surface area (Å²) in [6, 6.07) is 6.17. The molecule has 0 fully saturated rings. The van der Waals surface area contributed by atoms with E-state index in [0.717, 1.165) is 0 Å². The fourth-order valence-corrected chi connectivity index (χ4v) is 1.48. The molecule has 0 aliphatic heterocycles. The molecule has 0 heterocycles. The lowest BCUT2D eigenvalue weighted by molar-refractivity contribution is 0.0377. The predicted octanol–water partition coefficient (Wildman–Crippen LogP) is 2.61. The maximum Gasteiger partial charge on any atom is 0.254 e. The number of hydrogen-bond acceptors (Lipinski definition) is 3. The molecule has 2 atom stereocenters. The minimum atomic E-state index is -1.13. The van der Waals surface area contributed by atoms with Gasteiger partial charge in [0.25, 0.3) is 5.91 Å². The van der Waals surface area contributed by atoms with Gasteiger partial charge in [-0.3, -0.25) is 4.79 Å². The van der Waals surface area contributed by atoms with E-state index in [4.69, 9.17) is 39.6 Å². The summed E-state index contributed by atoms with van der Waals surface area (Å²) >= 11 is 11.5. The number of carbonyl (C=O) groups is 1. The van der Waals surface area contributed by atoms with Crippen LogP contribution < -0.4 is 5.32 Å². The second-order valence-corrected chi connectivity index (χ2v) is 4.37. The highest BCUT2D eigenvalue weighted by Gasteiger charge is 2.16. The van der Waals surface area contributed by atoms with Crippen molar-refractivity contribution < 1.29 is 9.53 Å². The molecule has 1 rings (SSSR count). The molecule has 1 N–H and O–H groups in total. The number of nitriles is 1. The third-order valence-electron chi connectivity index (χ3n) is 2.14. The van der Waals surface area contributed by atoms with E-state index in [2.05, 4.69) is 11.2 Å². The van der Waals surface area contributed by atoms with Crippen LogP contribution in [0.25, 0.3) is 0 Å². The van der Waals surface area contributed by atoms with Crippen molar-refractivity contribution in [2.24, 2.45) is 0 Å². The van der Waals surface area contributed by atoms with E-state index in [1.54, 1.807) is 13.0 Å². The highest BCUT2D eigenvalue weighted by molar-refractivity contribution is 6.42. The zero-order valence-electron chi connectivity index (χ0n) is 9.98. The molecule has 0 aliphatic carbocycles. The Kier molecular flexibility index (Phi) is 5.66. The Morgan fingerprint density at radius 3 is 2.68 bits per heavy atom. The van der Waals surface area contributed by atoms with Gasteiger partial charge in [0.15, 0.2) is 0 Å². The summed E-state index contributed by atoms with van der Waals surface area (Å²) in [5.41, 5.74) is 0.270. The highest BCUT2D eigenvalue weighted by Crippen LogP contribution is 2.22. The van der Waals surface area contributed by atoms with E-state index in [-0.39, 0.29) is 10.6 Å². The molecule has 4 nitrogen and oxygen atoms in total. The van der Waals surface area contributed by atoms with Gasteiger partial charge >= 0.3 is 0 Å². The van der Waals surface area contributed by atoms with Crippen molar-refractivity contribution in [1.82, 2.24) is 5.32 Å². The quantitative estimate of drug-likeness (QED) is 0.686. The molecule has 0 radical (unpaired) electrons. The lowest BCUT2D eigenvalue weighted by atomic mass is 10.2. The molecule has 0 aromatic heterocycles. The molecular formula is C13H10Cl2N2O2. The first-order valence-electron chi connectivity index (χ1n) is 5.25. The van der Waals surface area contributed by atoms with Gasteiger partial charge in [0.05, 0.1) is 10.0 Å². The number of ether oxygens (including phenoxy) is 1. The largest absolute Gasteiger partial charge is 0.329 e. The highest BCUT2D eigenvalue weighted by atomic mass is 35.5. The molecule has 6 heteroatoms. The first kappa shape index (κ1) is 15.3. The van der Waals surface area contributed by atoms with Crippen molar-refractivity contribution in [3.8, 4) is 18.4 Å². The summed E-state index contributed by atoms with van der Waals surface area (Å²) in [5, 5.41) is 11.8. The second kappa shape index (κ2) is 7.01. The fraction of sp³-hybridized carbons (Fsp3) is 0.231. The molecule has 1 amide bonds. The Bertz CT molecular complexity index is 561. The van der Waals surface area contributed by atoms with Crippen molar-refractivity contribution in [3.63, 3.8) is 0 Å². The molecule has 1 aromatic rings. The second-order valence-electron chi connectivity index (χ2n) is 3.56. The van der Waals surface area contributed by atoms with Gasteiger partial charge in [0.1, 0.15) is 12.2 Å². The van der Waals surface area contributed by atoms with Crippen LogP contribution in [0.3, 0.4) is 0 Å². The monoisotopic (exact) mass is 296 g/mol. The summed E-state index contributed by atoms with van der Waals surface area (Å²) in [4.78, 5) is 11.9. The average molecular weight is 297 g/mol. The number of amides is 1. The Morgan fingerprint density at radius 1 is 1.47 bits per heavy atom. The molecule has 98 valence electrons. The number of hydrogen-bond donors (Lipinski definition) is 1. The summed E-state index contributed by atoms with van der Waals surface area (Å²) in [6.07, 6.45) is 3.41. The van der Waals surface area contributed by atoms with Crippen LogP contribution in [-0.2, 0) is 4.74 Å². The van der Waals surface area contributed by atoms with Gasteiger partial charge in [0.2, 0.25) is 6.23 Å². The van der Waals surface area contributed by atoms with E-state index in [1.165, 1.54) is 18.2 Å². The van der Waals surface area contributed by atoms with Crippen LogP contribution in [0.5, 0.6) is 0 Å². The molecule has 0 saturated heterocycles. The minimum Gasteiger partial charge on any atom is -0.329 e. The Balaban J connectivity index is 2.75. The zero-order valence-corrected chi connectivity index (χ0v) is 11.5. The molecule has 0 spiro atoms. The molecule has 0 aliphatic rings. The maximum atomic E-state index is 11.9. The Labute approximate surface area is 121 Å². The van der Waals surface area contributed by atoms with Gasteiger partial charge in [-0.25, -0.2) is 0 Å². The topological polar surface area (TPSA) is 62.1 Å². The molecule has 1 aromatic carbocycles. The van der Waals surface area contributed by atoms with Crippen molar-refractivity contribution in [2.45, 2.75) is 19.3 Å². The zero-order chi connectivity index (χ0) is 14.4. The maximum absolute atomic E-state index is 11.9. The molecule has 0 saturated carbocycles. The van der Waals surface area contributed by atoms with E-state index in [0.29, 0.717) is 5.02 Å². The number of halogens is 2. The van der Waals surface area contributed by atoms with Crippen LogP contribution in [0.15, 0.2) is 18.2 Å². The van der Waals surface area contributed by atoms with Crippen molar-refractivity contribution in [2.75, 3.05) is 0 Å².